The third-order valence-corrected chi connectivity index (χ3v) is 7.84. The molecule has 5 aromatic rings. The zero-order chi connectivity index (χ0) is 27.8. The molecule has 1 fully saturated rings. The quantitative estimate of drug-likeness (QED) is 0.234. The van der Waals surface area contributed by atoms with E-state index >= 15 is 0 Å². The molecule has 40 heavy (non-hydrogen) atoms. The summed E-state index contributed by atoms with van der Waals surface area (Å²) >= 11 is 0. The standard InChI is InChI=1S/C31H30N4O5/c36-23-12-13-26-24(17-23)20(18-32-26)16-27(31(39)40)33-29(37)19-11-14-28-25(15-19)30(38)35(22-9-5-2-6-10-22)34(28)21-7-3-1-4-8-21/h2,5-6,9-15,17-18,21,27,32,36H,1,3-4,7-8,16H2,(H,33,37)(H,39,40)/t27-/m0/s1. The van der Waals surface area contributed by atoms with Crippen LogP contribution >= 0.6 is 0 Å². The van der Waals surface area contributed by atoms with E-state index < -0.39 is 17.9 Å². The number of phenols is 1. The van der Waals surface area contributed by atoms with Gasteiger partial charge in [-0.3, -0.25) is 14.3 Å². The van der Waals surface area contributed by atoms with Crippen molar-refractivity contribution >= 4 is 33.7 Å². The van der Waals surface area contributed by atoms with Crippen molar-refractivity contribution in [1.29, 1.82) is 0 Å². The number of benzene rings is 3. The molecule has 2 aromatic heterocycles. The first-order valence-electron chi connectivity index (χ1n) is 13.6. The van der Waals surface area contributed by atoms with Gasteiger partial charge in [-0.1, -0.05) is 37.5 Å². The number of nitrogens with one attached hydrogen (secondary N) is 2. The normalized spacial score (nSPS) is 14.9. The van der Waals surface area contributed by atoms with E-state index in [0.29, 0.717) is 16.3 Å². The monoisotopic (exact) mass is 538 g/mol. The second kappa shape index (κ2) is 10.4. The van der Waals surface area contributed by atoms with Crippen LogP contribution in [-0.4, -0.2) is 42.5 Å². The number of H-pyrrole nitrogens is 1. The van der Waals surface area contributed by atoms with Gasteiger partial charge in [-0.25, -0.2) is 9.48 Å². The van der Waals surface area contributed by atoms with E-state index in [4.69, 9.17) is 0 Å². The number of carbonyl (C=O) groups excluding carboxylic acids is 1. The number of carboxylic acids is 1. The van der Waals surface area contributed by atoms with Gasteiger partial charge in [0.05, 0.1) is 22.6 Å². The Kier molecular flexibility index (Phi) is 6.63. The highest BCUT2D eigenvalue weighted by Gasteiger charge is 2.26. The number of aromatic hydroxyl groups is 1. The molecule has 2 heterocycles. The van der Waals surface area contributed by atoms with Gasteiger partial charge in [-0.15, -0.1) is 0 Å². The molecule has 0 spiro atoms. The van der Waals surface area contributed by atoms with Crippen LogP contribution in [0.2, 0.25) is 0 Å². The molecule has 204 valence electrons. The Morgan fingerprint density at radius 2 is 1.75 bits per heavy atom. The van der Waals surface area contributed by atoms with Gasteiger partial charge in [0.2, 0.25) is 0 Å². The molecule has 0 aliphatic heterocycles. The minimum Gasteiger partial charge on any atom is -0.508 e. The van der Waals surface area contributed by atoms with Crippen LogP contribution in [0, 0.1) is 0 Å². The number of carbonyl (C=O) groups is 2. The molecule has 1 aliphatic rings. The summed E-state index contributed by atoms with van der Waals surface area (Å²) in [6.07, 6.45) is 7.03. The molecule has 0 bridgehead atoms. The molecule has 1 aliphatic carbocycles. The zero-order valence-electron chi connectivity index (χ0n) is 21.8. The number of nitrogens with zero attached hydrogens (tertiary/aromatic N) is 2. The number of carboxylic acid groups (broad SMARTS) is 1. The Hall–Kier alpha value is -4.79. The molecule has 6 rings (SSSR count). The Morgan fingerprint density at radius 3 is 2.50 bits per heavy atom. The van der Waals surface area contributed by atoms with Gasteiger partial charge in [0.1, 0.15) is 11.8 Å². The number of fused-ring (bicyclic) bond motifs is 2. The van der Waals surface area contributed by atoms with E-state index in [2.05, 4.69) is 15.0 Å². The van der Waals surface area contributed by atoms with Crippen molar-refractivity contribution in [2.75, 3.05) is 0 Å². The van der Waals surface area contributed by atoms with Crippen molar-refractivity contribution in [3.05, 3.63) is 94.4 Å². The lowest BCUT2D eigenvalue weighted by Crippen LogP contribution is -2.42. The van der Waals surface area contributed by atoms with Gasteiger partial charge in [0.15, 0.2) is 0 Å². The van der Waals surface area contributed by atoms with Crippen LogP contribution in [0.3, 0.4) is 0 Å². The summed E-state index contributed by atoms with van der Waals surface area (Å²) in [7, 11) is 0. The van der Waals surface area contributed by atoms with Crippen LogP contribution < -0.4 is 10.9 Å². The number of aromatic nitrogens is 3. The molecule has 1 atom stereocenters. The fraction of sp³-hybridized carbons (Fsp3) is 0.258. The number of aliphatic carboxylic acids is 1. The lowest BCUT2D eigenvalue weighted by molar-refractivity contribution is -0.139. The summed E-state index contributed by atoms with van der Waals surface area (Å²) in [6, 6.07) is 18.3. The van der Waals surface area contributed by atoms with Crippen molar-refractivity contribution in [2.24, 2.45) is 0 Å². The first-order valence-corrected chi connectivity index (χ1v) is 13.6. The number of amides is 1. The average molecular weight is 539 g/mol. The number of rotatable bonds is 7. The van der Waals surface area contributed by atoms with Gasteiger partial charge in [-0.2, -0.15) is 0 Å². The van der Waals surface area contributed by atoms with E-state index in [0.717, 1.165) is 42.4 Å². The highest BCUT2D eigenvalue weighted by Crippen LogP contribution is 2.32. The van der Waals surface area contributed by atoms with Gasteiger partial charge in [0, 0.05) is 29.1 Å². The molecule has 1 saturated carbocycles. The molecule has 4 N–H and O–H groups in total. The van der Waals surface area contributed by atoms with E-state index in [1.807, 2.05) is 30.3 Å². The van der Waals surface area contributed by atoms with Crippen LogP contribution in [0.15, 0.2) is 77.7 Å². The third-order valence-electron chi connectivity index (χ3n) is 7.84. The van der Waals surface area contributed by atoms with E-state index in [1.165, 1.54) is 6.42 Å². The van der Waals surface area contributed by atoms with E-state index in [-0.39, 0.29) is 29.3 Å². The number of phenolic OH excluding ortho intramolecular Hbond substituents is 1. The Bertz CT molecular complexity index is 1780. The highest BCUT2D eigenvalue weighted by atomic mass is 16.4. The molecule has 9 nitrogen and oxygen atoms in total. The van der Waals surface area contributed by atoms with Crippen molar-refractivity contribution < 1.29 is 19.8 Å². The number of aromatic amines is 1. The van der Waals surface area contributed by atoms with Crippen LogP contribution in [0.25, 0.3) is 27.5 Å². The minimum absolute atomic E-state index is 0.0195. The number of para-hydroxylation sites is 1. The van der Waals surface area contributed by atoms with Gasteiger partial charge >= 0.3 is 5.97 Å². The predicted molar refractivity (Wildman–Crippen MR) is 152 cm³/mol. The lowest BCUT2D eigenvalue weighted by Gasteiger charge is -2.26. The van der Waals surface area contributed by atoms with Crippen LogP contribution in [0.1, 0.15) is 54.1 Å². The topological polar surface area (TPSA) is 129 Å². The molecule has 0 saturated heterocycles. The van der Waals surface area contributed by atoms with Crippen molar-refractivity contribution in [3.63, 3.8) is 0 Å². The number of hydrogen-bond donors (Lipinski definition) is 4. The highest BCUT2D eigenvalue weighted by molar-refractivity contribution is 6.00. The number of hydrogen-bond acceptors (Lipinski definition) is 4. The molecular formula is C31H30N4O5. The predicted octanol–water partition coefficient (Wildman–Crippen LogP) is 4.91. The fourth-order valence-electron chi connectivity index (χ4n) is 5.86. The lowest BCUT2D eigenvalue weighted by atomic mass is 9.95. The van der Waals surface area contributed by atoms with Gasteiger partial charge in [0.25, 0.3) is 11.5 Å². The van der Waals surface area contributed by atoms with Gasteiger partial charge in [-0.05, 0) is 66.9 Å². The molecule has 1 amide bonds. The van der Waals surface area contributed by atoms with Gasteiger partial charge < -0.3 is 20.5 Å². The third kappa shape index (κ3) is 4.64. The summed E-state index contributed by atoms with van der Waals surface area (Å²) in [6.45, 7) is 0. The van der Waals surface area contributed by atoms with E-state index in [1.54, 1.807) is 47.3 Å². The van der Waals surface area contributed by atoms with Crippen LogP contribution in [-0.2, 0) is 11.2 Å². The first-order chi connectivity index (χ1) is 19.4. The molecule has 3 aromatic carbocycles. The SMILES string of the molecule is O=C(N[C@@H](Cc1c[nH]c2ccc(O)cc12)C(=O)O)c1ccc2c(c1)c(=O)n(-c1ccccc1)n2C1CCCCC1. The Labute approximate surface area is 229 Å². The first kappa shape index (κ1) is 25.5. The maximum absolute atomic E-state index is 13.8. The van der Waals surface area contributed by atoms with Crippen molar-refractivity contribution in [2.45, 2.75) is 50.6 Å². The molecule has 9 heteroatoms. The largest absolute Gasteiger partial charge is 0.508 e. The zero-order valence-corrected chi connectivity index (χ0v) is 21.8. The average Bonchev–Trinajstić information content (AvgIpc) is 3.50. The molecular weight excluding hydrogens is 508 g/mol. The minimum atomic E-state index is -1.21. The summed E-state index contributed by atoms with van der Waals surface area (Å²) in [5, 5.41) is 23.5. The van der Waals surface area contributed by atoms with Crippen molar-refractivity contribution in [1.82, 2.24) is 19.7 Å². The van der Waals surface area contributed by atoms with Crippen molar-refractivity contribution in [3.8, 4) is 11.4 Å². The second-order valence-corrected chi connectivity index (χ2v) is 10.4. The maximum Gasteiger partial charge on any atom is 0.326 e. The van der Waals surface area contributed by atoms with Crippen LogP contribution in [0.4, 0.5) is 0 Å². The van der Waals surface area contributed by atoms with E-state index in [9.17, 15) is 24.6 Å². The molecule has 0 unspecified atom stereocenters. The summed E-state index contributed by atoms with van der Waals surface area (Å²) in [5.41, 5.74) is 2.93. The van der Waals surface area contributed by atoms with Crippen LogP contribution in [0.5, 0.6) is 5.75 Å². The smallest absolute Gasteiger partial charge is 0.326 e. The Morgan fingerprint density at radius 1 is 0.975 bits per heavy atom. The fourth-order valence-corrected chi connectivity index (χ4v) is 5.86. The summed E-state index contributed by atoms with van der Waals surface area (Å²) in [5.74, 6) is -1.69. The molecule has 0 radical (unpaired) electrons. The Balaban J connectivity index is 1.34. The summed E-state index contributed by atoms with van der Waals surface area (Å²) in [4.78, 5) is 42.2. The maximum atomic E-state index is 13.8. The second-order valence-electron chi connectivity index (χ2n) is 10.4. The summed E-state index contributed by atoms with van der Waals surface area (Å²) < 4.78 is 3.77.